The fraction of sp³-hybridized carbons (Fsp3) is 0.786. The zero-order valence-electron chi connectivity index (χ0n) is 11.7. The molecule has 0 aliphatic heterocycles. The van der Waals surface area contributed by atoms with Crippen molar-refractivity contribution in [2.24, 2.45) is 11.7 Å². The summed E-state index contributed by atoms with van der Waals surface area (Å²) < 4.78 is 7.85. The van der Waals surface area contributed by atoms with Crippen molar-refractivity contribution < 1.29 is 4.74 Å². The van der Waals surface area contributed by atoms with E-state index in [2.05, 4.69) is 18.9 Å². The summed E-state index contributed by atoms with van der Waals surface area (Å²) in [5.74, 6) is 0.683. The van der Waals surface area contributed by atoms with Crippen LogP contribution in [-0.2, 0) is 11.3 Å². The lowest BCUT2D eigenvalue weighted by Crippen LogP contribution is -2.47. The smallest absolute Gasteiger partial charge is 0.0888 e. The summed E-state index contributed by atoms with van der Waals surface area (Å²) in [6.07, 6.45) is 6.39. The second-order valence-electron chi connectivity index (χ2n) is 5.52. The molecule has 1 fully saturated rings. The van der Waals surface area contributed by atoms with Crippen molar-refractivity contribution in [3.05, 3.63) is 18.0 Å². The van der Waals surface area contributed by atoms with Crippen molar-refractivity contribution in [2.45, 2.75) is 57.7 Å². The topological polar surface area (TPSA) is 53.1 Å². The Morgan fingerprint density at radius 3 is 3.06 bits per heavy atom. The molecule has 4 nitrogen and oxygen atoms in total. The Bertz CT molecular complexity index is 390. The Morgan fingerprint density at radius 2 is 2.44 bits per heavy atom. The van der Waals surface area contributed by atoms with Crippen molar-refractivity contribution in [1.82, 2.24) is 9.78 Å². The number of ether oxygens (including phenoxy) is 1. The standard InChI is InChI=1S/C14H25N3O/c1-4-17-12(7-9-16-17)13(15)14(18-3)8-5-6-11(2)10-14/h7,9,11,13H,4-6,8,10,15H2,1-3H3. The first-order valence-corrected chi connectivity index (χ1v) is 6.95. The summed E-state index contributed by atoms with van der Waals surface area (Å²) in [7, 11) is 1.80. The van der Waals surface area contributed by atoms with Gasteiger partial charge in [0.05, 0.1) is 17.3 Å². The van der Waals surface area contributed by atoms with Gasteiger partial charge in [0.2, 0.25) is 0 Å². The van der Waals surface area contributed by atoms with E-state index in [4.69, 9.17) is 10.5 Å². The minimum atomic E-state index is -0.218. The van der Waals surface area contributed by atoms with E-state index >= 15 is 0 Å². The highest BCUT2D eigenvalue weighted by Gasteiger charge is 2.42. The van der Waals surface area contributed by atoms with E-state index in [1.54, 1.807) is 7.11 Å². The third kappa shape index (κ3) is 2.31. The van der Waals surface area contributed by atoms with Gasteiger partial charge in [-0.1, -0.05) is 19.8 Å². The van der Waals surface area contributed by atoms with E-state index in [-0.39, 0.29) is 11.6 Å². The SMILES string of the molecule is CCn1nccc1C(N)C1(OC)CCCC(C)C1. The second kappa shape index (κ2) is 5.41. The number of hydrogen-bond donors (Lipinski definition) is 1. The molecule has 2 rings (SSSR count). The van der Waals surface area contributed by atoms with Gasteiger partial charge in [-0.2, -0.15) is 5.10 Å². The molecule has 2 N–H and O–H groups in total. The number of nitrogens with zero attached hydrogens (tertiary/aromatic N) is 2. The summed E-state index contributed by atoms with van der Waals surface area (Å²) in [6.45, 7) is 5.23. The maximum Gasteiger partial charge on any atom is 0.0888 e. The summed E-state index contributed by atoms with van der Waals surface area (Å²) in [6, 6.07) is 1.93. The second-order valence-corrected chi connectivity index (χ2v) is 5.52. The fourth-order valence-electron chi connectivity index (χ4n) is 3.28. The lowest BCUT2D eigenvalue weighted by molar-refractivity contribution is -0.0734. The van der Waals surface area contributed by atoms with Crippen LogP contribution in [0.1, 0.15) is 51.3 Å². The van der Waals surface area contributed by atoms with Crippen molar-refractivity contribution in [3.8, 4) is 0 Å². The van der Waals surface area contributed by atoms with Gasteiger partial charge in [-0.05, 0) is 31.7 Å². The van der Waals surface area contributed by atoms with E-state index in [1.165, 1.54) is 12.8 Å². The minimum Gasteiger partial charge on any atom is -0.376 e. The number of methoxy groups -OCH3 is 1. The molecule has 1 saturated carbocycles. The predicted molar refractivity (Wildman–Crippen MR) is 72.2 cm³/mol. The highest BCUT2D eigenvalue weighted by Crippen LogP contribution is 2.41. The molecular formula is C14H25N3O. The summed E-state index contributed by atoms with van der Waals surface area (Å²) in [4.78, 5) is 0. The molecule has 0 aromatic carbocycles. The molecule has 0 bridgehead atoms. The zero-order chi connectivity index (χ0) is 13.2. The van der Waals surface area contributed by atoms with Crippen LogP contribution in [0.15, 0.2) is 12.3 Å². The molecule has 3 atom stereocenters. The summed E-state index contributed by atoms with van der Waals surface area (Å²) in [5, 5.41) is 4.32. The van der Waals surface area contributed by atoms with Crippen LogP contribution in [0.4, 0.5) is 0 Å². The number of aromatic nitrogens is 2. The Kier molecular flexibility index (Phi) is 4.07. The maximum atomic E-state index is 6.51. The van der Waals surface area contributed by atoms with Crippen molar-refractivity contribution >= 4 is 0 Å². The van der Waals surface area contributed by atoms with Crippen LogP contribution in [-0.4, -0.2) is 22.5 Å². The van der Waals surface area contributed by atoms with Crippen molar-refractivity contribution in [1.29, 1.82) is 0 Å². The Balaban J connectivity index is 2.26. The van der Waals surface area contributed by atoms with Gasteiger partial charge >= 0.3 is 0 Å². The molecule has 1 aromatic rings. The molecular weight excluding hydrogens is 226 g/mol. The fourth-order valence-corrected chi connectivity index (χ4v) is 3.28. The molecule has 0 saturated heterocycles. The number of hydrogen-bond acceptors (Lipinski definition) is 3. The van der Waals surface area contributed by atoms with Crippen molar-refractivity contribution in [2.75, 3.05) is 7.11 Å². The molecule has 102 valence electrons. The zero-order valence-corrected chi connectivity index (χ0v) is 11.7. The normalized spacial score (nSPS) is 30.3. The average molecular weight is 251 g/mol. The third-order valence-corrected chi connectivity index (χ3v) is 4.33. The van der Waals surface area contributed by atoms with E-state index in [0.717, 1.165) is 25.1 Å². The highest BCUT2D eigenvalue weighted by atomic mass is 16.5. The first-order valence-electron chi connectivity index (χ1n) is 6.95. The number of nitrogens with two attached hydrogens (primary N) is 1. The van der Waals surface area contributed by atoms with Gasteiger partial charge in [-0.15, -0.1) is 0 Å². The predicted octanol–water partition coefficient (Wildman–Crippen LogP) is 2.50. The molecule has 0 amide bonds. The van der Waals surface area contributed by atoms with E-state index in [1.807, 2.05) is 16.9 Å². The van der Waals surface area contributed by atoms with Gasteiger partial charge in [0.1, 0.15) is 0 Å². The lowest BCUT2D eigenvalue weighted by Gasteiger charge is -2.43. The molecule has 1 aliphatic rings. The molecule has 18 heavy (non-hydrogen) atoms. The van der Waals surface area contributed by atoms with Crippen LogP contribution in [0, 0.1) is 5.92 Å². The third-order valence-electron chi connectivity index (χ3n) is 4.33. The maximum absolute atomic E-state index is 6.51. The van der Waals surface area contributed by atoms with Crippen LogP contribution >= 0.6 is 0 Å². The molecule has 0 radical (unpaired) electrons. The van der Waals surface area contributed by atoms with Crippen LogP contribution < -0.4 is 5.73 Å². The monoisotopic (exact) mass is 251 g/mol. The van der Waals surface area contributed by atoms with Crippen LogP contribution in [0.5, 0.6) is 0 Å². The van der Waals surface area contributed by atoms with Crippen LogP contribution in [0.25, 0.3) is 0 Å². The first-order chi connectivity index (χ1) is 8.63. The first kappa shape index (κ1) is 13.6. The highest BCUT2D eigenvalue weighted by molar-refractivity contribution is 5.13. The molecule has 1 heterocycles. The van der Waals surface area contributed by atoms with Crippen LogP contribution in [0.3, 0.4) is 0 Å². The lowest BCUT2D eigenvalue weighted by atomic mass is 9.74. The van der Waals surface area contributed by atoms with Gasteiger partial charge < -0.3 is 10.5 Å². The summed E-state index contributed by atoms with van der Waals surface area (Å²) >= 11 is 0. The molecule has 3 unspecified atom stereocenters. The van der Waals surface area contributed by atoms with Gasteiger partial charge in [-0.25, -0.2) is 0 Å². The average Bonchev–Trinajstić information content (AvgIpc) is 2.85. The quantitative estimate of drug-likeness (QED) is 0.894. The molecule has 1 aromatic heterocycles. The van der Waals surface area contributed by atoms with Crippen molar-refractivity contribution in [3.63, 3.8) is 0 Å². The van der Waals surface area contributed by atoms with Gasteiger partial charge in [0.25, 0.3) is 0 Å². The molecule has 1 aliphatic carbocycles. The number of rotatable bonds is 4. The number of aryl methyl sites for hydroxylation is 1. The van der Waals surface area contributed by atoms with Gasteiger partial charge in [0.15, 0.2) is 0 Å². The molecule has 4 heteroatoms. The van der Waals surface area contributed by atoms with E-state index < -0.39 is 0 Å². The van der Waals surface area contributed by atoms with E-state index in [0.29, 0.717) is 5.92 Å². The Labute approximate surface area is 110 Å². The van der Waals surface area contributed by atoms with Gasteiger partial charge in [-0.3, -0.25) is 4.68 Å². The molecule has 0 spiro atoms. The Morgan fingerprint density at radius 1 is 1.67 bits per heavy atom. The van der Waals surface area contributed by atoms with Crippen LogP contribution in [0.2, 0.25) is 0 Å². The van der Waals surface area contributed by atoms with E-state index in [9.17, 15) is 0 Å². The Hall–Kier alpha value is -0.870. The summed E-state index contributed by atoms with van der Waals surface area (Å²) in [5.41, 5.74) is 7.39. The largest absolute Gasteiger partial charge is 0.376 e. The minimum absolute atomic E-state index is 0.0901. The van der Waals surface area contributed by atoms with Gasteiger partial charge in [0, 0.05) is 19.9 Å².